The molecule has 2 aromatic carbocycles. The minimum absolute atomic E-state index is 0.0140. The highest BCUT2D eigenvalue weighted by Gasteiger charge is 2.49. The number of fused-ring (bicyclic) bond motifs is 3. The van der Waals surface area contributed by atoms with Crippen molar-refractivity contribution in [2.45, 2.75) is 37.1 Å². The van der Waals surface area contributed by atoms with Gasteiger partial charge in [0, 0.05) is 48.8 Å². The maximum atomic E-state index is 16.8. The van der Waals surface area contributed by atoms with Crippen LogP contribution in [0.15, 0.2) is 18.2 Å². The second-order valence-corrected chi connectivity index (χ2v) is 13.3. The minimum atomic E-state index is -5.07. The second kappa shape index (κ2) is 11.1. The largest absolute Gasteiger partial charge is 0.461 e. The Morgan fingerprint density at radius 1 is 1.26 bits per heavy atom. The maximum Gasteiger partial charge on any atom is 0.417 e. The Kier molecular flexibility index (Phi) is 7.45. The van der Waals surface area contributed by atoms with Gasteiger partial charge in [-0.1, -0.05) is 6.07 Å². The minimum Gasteiger partial charge on any atom is -0.461 e. The van der Waals surface area contributed by atoms with Crippen LogP contribution in [0.4, 0.5) is 37.2 Å². The molecule has 7 rings (SSSR count). The van der Waals surface area contributed by atoms with E-state index in [9.17, 15) is 27.2 Å². The van der Waals surface area contributed by atoms with Crippen molar-refractivity contribution in [3.8, 4) is 23.2 Å². The van der Waals surface area contributed by atoms with Gasteiger partial charge >= 0.3 is 12.2 Å². The topological polar surface area (TPSA) is 101 Å². The fourth-order valence-corrected chi connectivity index (χ4v) is 8.00. The molecule has 0 amide bonds. The number of nitrogens with two attached hydrogens (primary N) is 1. The van der Waals surface area contributed by atoms with E-state index in [1.807, 2.05) is 11.0 Å². The molecule has 2 atom stereocenters. The van der Waals surface area contributed by atoms with E-state index in [1.165, 1.54) is 0 Å². The van der Waals surface area contributed by atoms with Gasteiger partial charge in [-0.15, -0.1) is 11.3 Å². The monoisotopic (exact) mass is 662 g/mol. The average molecular weight is 663 g/mol. The van der Waals surface area contributed by atoms with Crippen LogP contribution in [0, 0.1) is 28.9 Å². The van der Waals surface area contributed by atoms with Gasteiger partial charge in [-0.3, -0.25) is 4.90 Å². The van der Waals surface area contributed by atoms with Crippen LogP contribution in [0.2, 0.25) is 0 Å². The number of benzene rings is 2. The Balaban J connectivity index is 1.44. The molecule has 3 aliphatic rings. The summed E-state index contributed by atoms with van der Waals surface area (Å²) in [6.07, 6.45) is -4.29. The van der Waals surface area contributed by atoms with E-state index < -0.39 is 46.2 Å². The molecular formula is C31H28F6N6O2S. The van der Waals surface area contributed by atoms with Gasteiger partial charge < -0.3 is 20.1 Å². The number of aromatic nitrogens is 2. The molecule has 0 bridgehead atoms. The smallest absolute Gasteiger partial charge is 0.417 e. The zero-order valence-electron chi connectivity index (χ0n) is 24.6. The third-order valence-corrected chi connectivity index (χ3v) is 10.3. The summed E-state index contributed by atoms with van der Waals surface area (Å²) in [5.41, 5.74) is 2.04. The Labute approximate surface area is 263 Å². The van der Waals surface area contributed by atoms with Gasteiger partial charge in [0.25, 0.3) is 0 Å². The number of ether oxygens (including phenoxy) is 2. The number of rotatable bonds is 7. The lowest BCUT2D eigenvalue weighted by Crippen LogP contribution is -2.43. The first-order valence-electron chi connectivity index (χ1n) is 14.7. The van der Waals surface area contributed by atoms with Crippen LogP contribution in [-0.2, 0) is 10.9 Å². The van der Waals surface area contributed by atoms with E-state index in [0.29, 0.717) is 44.1 Å². The molecule has 0 aliphatic carbocycles. The number of nitrogens with zero attached hydrogens (tertiary/aromatic N) is 5. The molecule has 0 radical (unpaired) electrons. The van der Waals surface area contributed by atoms with Crippen molar-refractivity contribution in [2.24, 2.45) is 5.92 Å². The Morgan fingerprint density at radius 3 is 2.74 bits per heavy atom. The van der Waals surface area contributed by atoms with Crippen LogP contribution in [0.25, 0.3) is 32.1 Å². The van der Waals surface area contributed by atoms with Crippen LogP contribution >= 0.6 is 11.3 Å². The molecule has 0 saturated carbocycles. The highest BCUT2D eigenvalue weighted by molar-refractivity contribution is 7.23. The number of nitrogen functional groups attached to an aromatic ring is 1. The highest BCUT2D eigenvalue weighted by atomic mass is 32.1. The second-order valence-electron chi connectivity index (χ2n) is 12.2. The molecule has 2 unspecified atom stereocenters. The quantitative estimate of drug-likeness (QED) is 0.230. The summed E-state index contributed by atoms with van der Waals surface area (Å²) in [6, 6.07) is 4.25. The van der Waals surface area contributed by atoms with Gasteiger partial charge in [0.1, 0.15) is 41.0 Å². The first-order valence-corrected chi connectivity index (χ1v) is 15.5. The molecule has 3 saturated heterocycles. The SMILES string of the molecule is CN(CC1COC1)c1nc(OCC23CCCN2CC(F)C3)nc2c(F)c(-c3ccc(F)c4sc(N)c(C#N)c34)c(C(F)(F)F)cc12. The van der Waals surface area contributed by atoms with Crippen LogP contribution in [-0.4, -0.2) is 73.1 Å². The van der Waals surface area contributed by atoms with Crippen LogP contribution in [0.3, 0.4) is 0 Å². The van der Waals surface area contributed by atoms with E-state index in [2.05, 4.69) is 9.97 Å². The predicted molar refractivity (Wildman–Crippen MR) is 161 cm³/mol. The van der Waals surface area contributed by atoms with E-state index in [1.54, 1.807) is 11.9 Å². The standard InChI is InChI=1S/C31H28F6N6O2S/c1-42(10-15-12-44-13-15)28-18-7-20(31(35,36)37)23(17-3-4-21(33)26-22(17)19(9-38)27(39)46-26)24(34)25(18)40-29(41-28)45-14-30-5-2-6-43(30)11-16(32)8-30/h3-4,7,15-16H,2,5-6,8,10-14,39H2,1H3. The number of hydrogen-bond donors (Lipinski definition) is 1. The fourth-order valence-electron chi connectivity index (χ4n) is 7.05. The summed E-state index contributed by atoms with van der Waals surface area (Å²) in [4.78, 5) is 12.4. The number of thiophene rings is 1. The maximum absolute atomic E-state index is 16.8. The Hall–Kier alpha value is -3.87. The molecule has 2 aromatic heterocycles. The lowest BCUT2D eigenvalue weighted by molar-refractivity contribution is -0.137. The van der Waals surface area contributed by atoms with E-state index in [-0.39, 0.29) is 68.9 Å². The number of nitriles is 1. The first-order chi connectivity index (χ1) is 21.9. The Bertz CT molecular complexity index is 1910. The molecule has 4 aromatic rings. The van der Waals surface area contributed by atoms with Crippen molar-refractivity contribution < 1.29 is 35.8 Å². The Morgan fingerprint density at radius 2 is 2.04 bits per heavy atom. The van der Waals surface area contributed by atoms with Crippen molar-refractivity contribution >= 4 is 43.1 Å². The average Bonchev–Trinajstić information content (AvgIpc) is 3.63. The summed E-state index contributed by atoms with van der Waals surface area (Å²) >= 11 is 0.693. The van der Waals surface area contributed by atoms with Crippen molar-refractivity contribution in [1.82, 2.24) is 14.9 Å². The lowest BCUT2D eigenvalue weighted by atomic mass is 9.92. The van der Waals surface area contributed by atoms with Gasteiger partial charge in [0.15, 0.2) is 5.82 Å². The van der Waals surface area contributed by atoms with Crippen LogP contribution in [0.5, 0.6) is 6.01 Å². The number of alkyl halides is 4. The van der Waals surface area contributed by atoms with Crippen molar-refractivity contribution in [2.75, 3.05) is 57.1 Å². The first kappa shape index (κ1) is 30.8. The predicted octanol–water partition coefficient (Wildman–Crippen LogP) is 6.30. The number of halogens is 6. The molecule has 0 spiro atoms. The van der Waals surface area contributed by atoms with E-state index >= 15 is 4.39 Å². The summed E-state index contributed by atoms with van der Waals surface area (Å²) in [6.45, 7) is 2.28. The number of anilines is 2. The summed E-state index contributed by atoms with van der Waals surface area (Å²) in [7, 11) is 1.63. The van der Waals surface area contributed by atoms with Crippen LogP contribution in [0.1, 0.15) is 30.4 Å². The van der Waals surface area contributed by atoms with Gasteiger partial charge in [0.2, 0.25) is 0 Å². The summed E-state index contributed by atoms with van der Waals surface area (Å²) in [5, 5.41) is 9.22. The molecule has 3 fully saturated rings. The highest BCUT2D eigenvalue weighted by Crippen LogP contribution is 2.48. The number of hydrogen-bond acceptors (Lipinski definition) is 9. The molecular weight excluding hydrogens is 634 g/mol. The zero-order chi connectivity index (χ0) is 32.5. The van der Waals surface area contributed by atoms with Gasteiger partial charge in [-0.2, -0.15) is 28.4 Å². The molecule has 242 valence electrons. The van der Waals surface area contributed by atoms with Crippen molar-refractivity contribution in [1.29, 1.82) is 5.26 Å². The molecule has 15 heteroatoms. The van der Waals surface area contributed by atoms with Crippen LogP contribution < -0.4 is 15.4 Å². The summed E-state index contributed by atoms with van der Waals surface area (Å²) < 4.78 is 102. The van der Waals surface area contributed by atoms with Gasteiger partial charge in [-0.05, 0) is 37.1 Å². The lowest BCUT2D eigenvalue weighted by Gasteiger charge is -2.32. The third-order valence-electron chi connectivity index (χ3n) is 9.23. The molecule has 3 aliphatic heterocycles. The molecule has 5 heterocycles. The molecule has 46 heavy (non-hydrogen) atoms. The summed E-state index contributed by atoms with van der Waals surface area (Å²) in [5.74, 6) is -2.06. The van der Waals surface area contributed by atoms with E-state index in [4.69, 9.17) is 15.2 Å². The molecule has 8 nitrogen and oxygen atoms in total. The fraction of sp³-hybridized carbons (Fsp3) is 0.452. The van der Waals surface area contributed by atoms with Crippen molar-refractivity contribution in [3.05, 3.63) is 41.0 Å². The molecule has 2 N–H and O–H groups in total. The van der Waals surface area contributed by atoms with E-state index in [0.717, 1.165) is 24.6 Å². The van der Waals surface area contributed by atoms with Gasteiger partial charge in [0.05, 0.1) is 34.6 Å². The third kappa shape index (κ3) is 4.98. The normalized spacial score (nSPS) is 21.9. The zero-order valence-corrected chi connectivity index (χ0v) is 25.4. The van der Waals surface area contributed by atoms with Gasteiger partial charge in [-0.25, -0.2) is 13.2 Å². The van der Waals surface area contributed by atoms with Crippen molar-refractivity contribution in [3.63, 3.8) is 0 Å².